The van der Waals surface area contributed by atoms with E-state index in [0.717, 1.165) is 36.0 Å². The van der Waals surface area contributed by atoms with Crippen LogP contribution in [0.25, 0.3) is 0 Å². The van der Waals surface area contributed by atoms with Gasteiger partial charge in [0.25, 0.3) is 0 Å². The van der Waals surface area contributed by atoms with E-state index < -0.39 is 0 Å². The fourth-order valence-electron chi connectivity index (χ4n) is 2.12. The van der Waals surface area contributed by atoms with E-state index in [1.807, 2.05) is 18.2 Å². The largest absolute Gasteiger partial charge is 0.497 e. The highest BCUT2D eigenvalue weighted by molar-refractivity contribution is 7.80. The Morgan fingerprint density at radius 2 is 2.22 bits per heavy atom. The van der Waals surface area contributed by atoms with Crippen LogP contribution in [0.3, 0.4) is 0 Å². The van der Waals surface area contributed by atoms with Gasteiger partial charge in [0.2, 0.25) is 0 Å². The molecule has 1 aliphatic rings. The van der Waals surface area contributed by atoms with Gasteiger partial charge in [-0.3, -0.25) is 0 Å². The van der Waals surface area contributed by atoms with Gasteiger partial charge in [-0.1, -0.05) is 12.2 Å². The van der Waals surface area contributed by atoms with Crippen molar-refractivity contribution in [3.05, 3.63) is 23.8 Å². The molecule has 0 aromatic heterocycles. The minimum Gasteiger partial charge on any atom is -0.497 e. The summed E-state index contributed by atoms with van der Waals surface area (Å²) in [4.78, 5) is 2.79. The lowest BCUT2D eigenvalue weighted by Gasteiger charge is -2.26. The van der Waals surface area contributed by atoms with Crippen LogP contribution in [0.5, 0.6) is 5.75 Å². The summed E-state index contributed by atoms with van der Waals surface area (Å²) in [6.07, 6.45) is 2.67. The van der Waals surface area contributed by atoms with Crippen molar-refractivity contribution in [1.82, 2.24) is 0 Å². The number of hydrogen-bond acceptors (Lipinski definition) is 3. The van der Waals surface area contributed by atoms with Crippen molar-refractivity contribution in [1.29, 1.82) is 0 Å². The molecule has 2 N–H and O–H groups in total. The molecule has 1 aliphatic carbocycles. The molecule has 1 aromatic carbocycles. The maximum Gasteiger partial charge on any atom is 0.120 e. The minimum absolute atomic E-state index is 0.446. The third-order valence-corrected chi connectivity index (χ3v) is 3.59. The highest BCUT2D eigenvalue weighted by Crippen LogP contribution is 2.33. The van der Waals surface area contributed by atoms with Gasteiger partial charge in [-0.05, 0) is 37.8 Å². The van der Waals surface area contributed by atoms with Crippen molar-refractivity contribution in [2.24, 2.45) is 11.7 Å². The maximum absolute atomic E-state index is 5.81. The van der Waals surface area contributed by atoms with Crippen molar-refractivity contribution in [2.75, 3.05) is 25.1 Å². The number of anilines is 1. The summed E-state index contributed by atoms with van der Waals surface area (Å²) in [6, 6.07) is 5.88. The highest BCUT2D eigenvalue weighted by atomic mass is 32.1. The van der Waals surface area contributed by atoms with Crippen LogP contribution in [0, 0.1) is 5.92 Å². The SMILES string of the molecule is CCN(CC1CC1)c1cc(OC)ccc1C(N)=S. The lowest BCUT2D eigenvalue weighted by molar-refractivity contribution is 0.414. The van der Waals surface area contributed by atoms with Crippen LogP contribution in [0.1, 0.15) is 25.3 Å². The molecule has 1 fully saturated rings. The van der Waals surface area contributed by atoms with E-state index in [1.165, 1.54) is 12.8 Å². The van der Waals surface area contributed by atoms with E-state index in [9.17, 15) is 0 Å². The Bertz CT molecular complexity index is 443. The molecule has 18 heavy (non-hydrogen) atoms. The quantitative estimate of drug-likeness (QED) is 0.802. The summed E-state index contributed by atoms with van der Waals surface area (Å²) in [5.74, 6) is 1.68. The average molecular weight is 264 g/mol. The molecule has 1 saturated carbocycles. The van der Waals surface area contributed by atoms with Gasteiger partial charge >= 0.3 is 0 Å². The van der Waals surface area contributed by atoms with E-state index in [0.29, 0.717) is 4.99 Å². The Labute approximate surface area is 114 Å². The summed E-state index contributed by atoms with van der Waals surface area (Å²) in [5.41, 5.74) is 7.84. The van der Waals surface area contributed by atoms with Gasteiger partial charge in [-0.25, -0.2) is 0 Å². The Morgan fingerprint density at radius 1 is 1.50 bits per heavy atom. The molecule has 0 unspecified atom stereocenters. The number of rotatable bonds is 6. The van der Waals surface area contributed by atoms with Gasteiger partial charge < -0.3 is 15.4 Å². The normalized spacial score (nSPS) is 14.3. The molecule has 0 spiro atoms. The number of benzene rings is 1. The molecular formula is C14H20N2OS. The van der Waals surface area contributed by atoms with E-state index >= 15 is 0 Å². The lowest BCUT2D eigenvalue weighted by atomic mass is 10.1. The summed E-state index contributed by atoms with van der Waals surface area (Å²) in [6.45, 7) is 4.20. The van der Waals surface area contributed by atoms with Crippen LogP contribution in [-0.2, 0) is 0 Å². The number of ether oxygens (including phenoxy) is 1. The van der Waals surface area contributed by atoms with Gasteiger partial charge in [-0.15, -0.1) is 0 Å². The Balaban J connectivity index is 2.33. The zero-order chi connectivity index (χ0) is 13.1. The van der Waals surface area contributed by atoms with E-state index in [1.54, 1.807) is 7.11 Å². The molecule has 4 heteroatoms. The van der Waals surface area contributed by atoms with E-state index in [4.69, 9.17) is 22.7 Å². The summed E-state index contributed by atoms with van der Waals surface area (Å²) < 4.78 is 5.29. The zero-order valence-corrected chi connectivity index (χ0v) is 11.8. The van der Waals surface area contributed by atoms with Crippen LogP contribution < -0.4 is 15.4 Å². The predicted molar refractivity (Wildman–Crippen MR) is 79.5 cm³/mol. The molecule has 0 bridgehead atoms. The van der Waals surface area contributed by atoms with Crippen molar-refractivity contribution in [2.45, 2.75) is 19.8 Å². The topological polar surface area (TPSA) is 38.5 Å². The Kier molecular flexibility index (Phi) is 4.07. The van der Waals surface area contributed by atoms with Crippen LogP contribution >= 0.6 is 12.2 Å². The standard InChI is InChI=1S/C14H20N2OS/c1-3-16(9-10-4-5-10)13-8-11(17-2)6-7-12(13)14(15)18/h6-8,10H,3-5,9H2,1-2H3,(H2,15,18). The zero-order valence-electron chi connectivity index (χ0n) is 11.0. The lowest BCUT2D eigenvalue weighted by Crippen LogP contribution is -2.28. The van der Waals surface area contributed by atoms with Crippen molar-refractivity contribution < 1.29 is 4.74 Å². The molecule has 2 rings (SSSR count). The van der Waals surface area contributed by atoms with Crippen molar-refractivity contribution >= 4 is 22.9 Å². The minimum atomic E-state index is 0.446. The van der Waals surface area contributed by atoms with Crippen LogP contribution in [0.4, 0.5) is 5.69 Å². The second-order valence-electron chi connectivity index (χ2n) is 4.73. The summed E-state index contributed by atoms with van der Waals surface area (Å²) in [7, 11) is 1.68. The molecule has 0 radical (unpaired) electrons. The first-order valence-corrected chi connectivity index (χ1v) is 6.79. The first kappa shape index (κ1) is 13.1. The fourth-order valence-corrected chi connectivity index (χ4v) is 2.29. The van der Waals surface area contributed by atoms with Crippen LogP contribution in [0.2, 0.25) is 0 Å². The van der Waals surface area contributed by atoms with E-state index in [2.05, 4.69) is 11.8 Å². The second-order valence-corrected chi connectivity index (χ2v) is 5.17. The van der Waals surface area contributed by atoms with Gasteiger partial charge in [-0.2, -0.15) is 0 Å². The van der Waals surface area contributed by atoms with Gasteiger partial charge in [0, 0.05) is 24.7 Å². The molecule has 0 heterocycles. The average Bonchev–Trinajstić information content (AvgIpc) is 3.19. The second kappa shape index (κ2) is 5.57. The van der Waals surface area contributed by atoms with Crippen molar-refractivity contribution in [3.63, 3.8) is 0 Å². The maximum atomic E-state index is 5.81. The monoisotopic (exact) mass is 264 g/mol. The number of nitrogens with two attached hydrogens (primary N) is 1. The third-order valence-electron chi connectivity index (χ3n) is 3.37. The number of thiocarbonyl (C=S) groups is 1. The molecule has 0 aliphatic heterocycles. The fraction of sp³-hybridized carbons (Fsp3) is 0.500. The summed E-state index contributed by atoms with van der Waals surface area (Å²) >= 11 is 5.14. The number of nitrogens with zero attached hydrogens (tertiary/aromatic N) is 1. The van der Waals surface area contributed by atoms with Crippen molar-refractivity contribution in [3.8, 4) is 5.75 Å². The molecule has 0 atom stereocenters. The molecule has 1 aromatic rings. The number of methoxy groups -OCH3 is 1. The summed E-state index contributed by atoms with van der Waals surface area (Å²) in [5, 5.41) is 0. The molecular weight excluding hydrogens is 244 g/mol. The molecule has 0 saturated heterocycles. The first-order chi connectivity index (χ1) is 8.65. The van der Waals surface area contributed by atoms with Crippen LogP contribution in [-0.4, -0.2) is 25.2 Å². The Hall–Kier alpha value is -1.29. The predicted octanol–water partition coefficient (Wildman–Crippen LogP) is 2.57. The molecule has 98 valence electrons. The number of hydrogen-bond donors (Lipinski definition) is 1. The Morgan fingerprint density at radius 3 is 2.72 bits per heavy atom. The first-order valence-electron chi connectivity index (χ1n) is 6.38. The highest BCUT2D eigenvalue weighted by Gasteiger charge is 2.25. The van der Waals surface area contributed by atoms with Gasteiger partial charge in [0.05, 0.1) is 12.8 Å². The van der Waals surface area contributed by atoms with Gasteiger partial charge in [0.1, 0.15) is 10.7 Å². The molecule has 0 amide bonds. The smallest absolute Gasteiger partial charge is 0.120 e. The van der Waals surface area contributed by atoms with E-state index in [-0.39, 0.29) is 0 Å². The van der Waals surface area contributed by atoms with Crippen LogP contribution in [0.15, 0.2) is 18.2 Å². The third kappa shape index (κ3) is 2.93. The molecule has 3 nitrogen and oxygen atoms in total. The van der Waals surface area contributed by atoms with Gasteiger partial charge in [0.15, 0.2) is 0 Å².